The molecule has 1 rings (SSSR count). The monoisotopic (exact) mass is 196 g/mol. The topological polar surface area (TPSA) is 0 Å². The molecule has 0 bridgehead atoms. The molecule has 0 amide bonds. The highest BCUT2D eigenvalue weighted by Crippen LogP contribution is 2.16. The largest absolute Gasteiger partial charge is 0.203 e. The average molecular weight is 196 g/mol. The third-order valence-electron chi connectivity index (χ3n) is 2.17. The van der Waals surface area contributed by atoms with Crippen LogP contribution in [-0.2, 0) is 6.42 Å². The molecule has 0 saturated carbocycles. The summed E-state index contributed by atoms with van der Waals surface area (Å²) in [5, 5.41) is 0. The Bertz CT molecular complexity index is 340. The van der Waals surface area contributed by atoms with Gasteiger partial charge in [0.1, 0.15) is 0 Å². The van der Waals surface area contributed by atoms with E-state index in [-0.39, 0.29) is 0 Å². The lowest BCUT2D eigenvalue weighted by atomic mass is 10.1. The second-order valence-corrected chi connectivity index (χ2v) is 3.28. The number of hydrogen-bond acceptors (Lipinski definition) is 0. The van der Waals surface area contributed by atoms with Gasteiger partial charge in [0.05, 0.1) is 0 Å². The first-order chi connectivity index (χ1) is 6.66. The fraction of sp³-hybridized carbons (Fsp3) is 0.333. The van der Waals surface area contributed by atoms with Crippen molar-refractivity contribution < 1.29 is 8.78 Å². The molecule has 0 saturated heterocycles. The molecule has 0 radical (unpaired) electrons. The van der Waals surface area contributed by atoms with E-state index in [0.717, 1.165) is 6.42 Å². The SMILES string of the molecule is C/C=C/CCc1ccc(C)c(F)c1F. The lowest BCUT2D eigenvalue weighted by Gasteiger charge is -2.04. The normalized spacial score (nSPS) is 11.1. The van der Waals surface area contributed by atoms with Gasteiger partial charge in [-0.15, -0.1) is 0 Å². The van der Waals surface area contributed by atoms with Crippen molar-refractivity contribution in [2.75, 3.05) is 0 Å². The van der Waals surface area contributed by atoms with Crippen molar-refractivity contribution in [3.63, 3.8) is 0 Å². The standard InChI is InChI=1S/C12H14F2/c1-3-4-5-6-10-8-7-9(2)11(13)12(10)14/h3-4,7-8H,5-6H2,1-2H3/b4-3+. The van der Waals surface area contributed by atoms with Crippen molar-refractivity contribution in [2.45, 2.75) is 26.7 Å². The van der Waals surface area contributed by atoms with Crippen LogP contribution in [0.15, 0.2) is 24.3 Å². The van der Waals surface area contributed by atoms with Crippen molar-refractivity contribution in [1.29, 1.82) is 0 Å². The van der Waals surface area contributed by atoms with E-state index in [1.165, 1.54) is 0 Å². The lowest BCUT2D eigenvalue weighted by Crippen LogP contribution is -1.96. The molecule has 0 spiro atoms. The van der Waals surface area contributed by atoms with Crippen molar-refractivity contribution in [3.05, 3.63) is 47.0 Å². The van der Waals surface area contributed by atoms with Crippen LogP contribution >= 0.6 is 0 Å². The van der Waals surface area contributed by atoms with Gasteiger partial charge in [0.25, 0.3) is 0 Å². The smallest absolute Gasteiger partial charge is 0.162 e. The van der Waals surface area contributed by atoms with Gasteiger partial charge in [0, 0.05) is 0 Å². The van der Waals surface area contributed by atoms with Gasteiger partial charge in [-0.3, -0.25) is 0 Å². The third kappa shape index (κ3) is 2.41. The Morgan fingerprint density at radius 2 is 1.93 bits per heavy atom. The number of rotatable bonds is 3. The van der Waals surface area contributed by atoms with E-state index in [9.17, 15) is 8.78 Å². The number of aryl methyl sites for hydroxylation is 2. The summed E-state index contributed by atoms with van der Waals surface area (Å²) in [4.78, 5) is 0. The Balaban J connectivity index is 2.83. The Kier molecular flexibility index (Phi) is 3.81. The molecule has 2 heteroatoms. The predicted octanol–water partition coefficient (Wildman–Crippen LogP) is 3.78. The van der Waals surface area contributed by atoms with E-state index >= 15 is 0 Å². The summed E-state index contributed by atoms with van der Waals surface area (Å²) < 4.78 is 26.4. The molecule has 0 aliphatic carbocycles. The molecule has 76 valence electrons. The molecule has 0 nitrogen and oxygen atoms in total. The Morgan fingerprint density at radius 1 is 1.21 bits per heavy atom. The minimum Gasteiger partial charge on any atom is -0.203 e. The van der Waals surface area contributed by atoms with Gasteiger partial charge in [-0.2, -0.15) is 0 Å². The first kappa shape index (κ1) is 10.9. The van der Waals surface area contributed by atoms with Crippen LogP contribution in [0.1, 0.15) is 24.5 Å². The zero-order chi connectivity index (χ0) is 10.6. The summed E-state index contributed by atoms with van der Waals surface area (Å²) >= 11 is 0. The quantitative estimate of drug-likeness (QED) is 0.645. The van der Waals surface area contributed by atoms with Gasteiger partial charge in [-0.25, -0.2) is 8.78 Å². The summed E-state index contributed by atoms with van der Waals surface area (Å²) in [5.41, 5.74) is 0.809. The zero-order valence-corrected chi connectivity index (χ0v) is 8.48. The molecule has 0 aliphatic heterocycles. The average Bonchev–Trinajstić information content (AvgIpc) is 2.18. The summed E-state index contributed by atoms with van der Waals surface area (Å²) in [7, 11) is 0. The zero-order valence-electron chi connectivity index (χ0n) is 8.48. The van der Waals surface area contributed by atoms with E-state index in [0.29, 0.717) is 17.5 Å². The van der Waals surface area contributed by atoms with Gasteiger partial charge in [-0.1, -0.05) is 24.3 Å². The maximum Gasteiger partial charge on any atom is 0.162 e. The Morgan fingerprint density at radius 3 is 2.57 bits per heavy atom. The summed E-state index contributed by atoms with van der Waals surface area (Å²) in [6.07, 6.45) is 5.14. The highest BCUT2D eigenvalue weighted by molar-refractivity contribution is 5.25. The van der Waals surface area contributed by atoms with Crippen molar-refractivity contribution in [2.24, 2.45) is 0 Å². The first-order valence-corrected chi connectivity index (χ1v) is 4.71. The summed E-state index contributed by atoms with van der Waals surface area (Å²) in [5.74, 6) is -1.42. The van der Waals surface area contributed by atoms with Gasteiger partial charge < -0.3 is 0 Å². The highest BCUT2D eigenvalue weighted by Gasteiger charge is 2.09. The molecule has 0 atom stereocenters. The van der Waals surface area contributed by atoms with E-state index in [1.807, 2.05) is 19.1 Å². The second kappa shape index (κ2) is 4.89. The van der Waals surface area contributed by atoms with Crippen molar-refractivity contribution in [1.82, 2.24) is 0 Å². The molecule has 0 unspecified atom stereocenters. The summed E-state index contributed by atoms with van der Waals surface area (Å²) in [6, 6.07) is 3.26. The lowest BCUT2D eigenvalue weighted by molar-refractivity contribution is 0.493. The Labute approximate surface area is 83.3 Å². The van der Waals surface area contributed by atoms with Crippen LogP contribution in [-0.4, -0.2) is 0 Å². The maximum atomic E-state index is 13.3. The van der Waals surface area contributed by atoms with Crippen LogP contribution in [0.2, 0.25) is 0 Å². The summed E-state index contributed by atoms with van der Waals surface area (Å²) in [6.45, 7) is 3.47. The van der Waals surface area contributed by atoms with Gasteiger partial charge in [-0.05, 0) is 37.8 Å². The molecule has 14 heavy (non-hydrogen) atoms. The van der Waals surface area contributed by atoms with Crippen LogP contribution in [0.25, 0.3) is 0 Å². The Hall–Kier alpha value is -1.18. The van der Waals surface area contributed by atoms with Gasteiger partial charge in [0.15, 0.2) is 11.6 Å². The maximum absolute atomic E-state index is 13.3. The number of halogens is 2. The fourth-order valence-electron chi connectivity index (χ4n) is 1.28. The first-order valence-electron chi connectivity index (χ1n) is 4.71. The van der Waals surface area contributed by atoms with Gasteiger partial charge in [0.2, 0.25) is 0 Å². The second-order valence-electron chi connectivity index (χ2n) is 3.28. The van der Waals surface area contributed by atoms with Crippen LogP contribution in [0.3, 0.4) is 0 Å². The number of allylic oxidation sites excluding steroid dienone is 2. The number of hydrogen-bond donors (Lipinski definition) is 0. The molecule has 0 heterocycles. The minimum absolute atomic E-state index is 0.359. The highest BCUT2D eigenvalue weighted by atomic mass is 19.2. The molecule has 0 fully saturated rings. The van der Waals surface area contributed by atoms with E-state index in [1.54, 1.807) is 19.1 Å². The fourth-order valence-corrected chi connectivity index (χ4v) is 1.28. The van der Waals surface area contributed by atoms with Gasteiger partial charge >= 0.3 is 0 Å². The van der Waals surface area contributed by atoms with Crippen molar-refractivity contribution >= 4 is 0 Å². The molecule has 1 aromatic rings. The van der Waals surface area contributed by atoms with E-state index < -0.39 is 11.6 Å². The van der Waals surface area contributed by atoms with Crippen molar-refractivity contribution in [3.8, 4) is 0 Å². The third-order valence-corrected chi connectivity index (χ3v) is 2.17. The van der Waals surface area contributed by atoms with E-state index in [4.69, 9.17) is 0 Å². The molecule has 0 aliphatic rings. The van der Waals surface area contributed by atoms with Crippen LogP contribution in [0.5, 0.6) is 0 Å². The molecule has 0 N–H and O–H groups in total. The molecule has 1 aromatic carbocycles. The number of benzene rings is 1. The molecular formula is C12H14F2. The van der Waals surface area contributed by atoms with Crippen LogP contribution < -0.4 is 0 Å². The molecular weight excluding hydrogens is 182 g/mol. The van der Waals surface area contributed by atoms with E-state index in [2.05, 4.69) is 0 Å². The van der Waals surface area contributed by atoms with Crippen LogP contribution in [0, 0.1) is 18.6 Å². The predicted molar refractivity (Wildman–Crippen MR) is 54.2 cm³/mol. The molecule has 0 aromatic heterocycles. The minimum atomic E-state index is -0.719. The van der Waals surface area contributed by atoms with Crippen LogP contribution in [0.4, 0.5) is 8.78 Å².